The maximum atomic E-state index is 11.6. The summed E-state index contributed by atoms with van der Waals surface area (Å²) in [4.78, 5) is 11.6. The third-order valence-corrected chi connectivity index (χ3v) is 2.41. The number of aryl methyl sites for hydroxylation is 1. The first-order valence-electron chi connectivity index (χ1n) is 4.82. The lowest BCUT2D eigenvalue weighted by Gasteiger charge is -2.14. The van der Waals surface area contributed by atoms with Gasteiger partial charge in [0, 0.05) is 19.1 Å². The minimum absolute atomic E-state index is 0.0566. The van der Waals surface area contributed by atoms with Crippen molar-refractivity contribution in [3.63, 3.8) is 0 Å². The highest BCUT2D eigenvalue weighted by Gasteiger charge is 2.09. The van der Waals surface area contributed by atoms with Gasteiger partial charge in [-0.25, -0.2) is 4.68 Å². The van der Waals surface area contributed by atoms with Crippen LogP contribution in [0.4, 0.5) is 5.69 Å². The highest BCUT2D eigenvalue weighted by Crippen LogP contribution is 2.15. The van der Waals surface area contributed by atoms with Crippen LogP contribution in [0.5, 0.6) is 0 Å². The number of aromatic nitrogens is 2. The minimum Gasteiger partial charge on any atom is -0.379 e. The predicted molar refractivity (Wildman–Crippen MR) is 61.3 cm³/mol. The van der Waals surface area contributed by atoms with E-state index in [0.29, 0.717) is 18.8 Å². The van der Waals surface area contributed by atoms with Gasteiger partial charge in [-0.3, -0.25) is 4.79 Å². The Morgan fingerprint density at radius 3 is 2.93 bits per heavy atom. The van der Waals surface area contributed by atoms with E-state index < -0.39 is 0 Å². The Morgan fingerprint density at radius 2 is 2.40 bits per heavy atom. The molecule has 0 aromatic carbocycles. The molecule has 0 fully saturated rings. The molecular weight excluding hydrogens is 216 g/mol. The van der Waals surface area contributed by atoms with Crippen LogP contribution < -0.4 is 16.6 Å². The molecule has 0 saturated heterocycles. The summed E-state index contributed by atoms with van der Waals surface area (Å²) in [6.07, 6.45) is 1.54. The molecule has 1 heterocycles. The van der Waals surface area contributed by atoms with Crippen molar-refractivity contribution in [1.82, 2.24) is 9.78 Å². The lowest BCUT2D eigenvalue weighted by Crippen LogP contribution is -2.28. The fraction of sp³-hybridized carbons (Fsp3) is 0.556. The van der Waals surface area contributed by atoms with E-state index in [1.165, 1.54) is 4.68 Å². The Morgan fingerprint density at radius 1 is 1.73 bits per heavy atom. The summed E-state index contributed by atoms with van der Waals surface area (Å²) in [5, 5.41) is 7.14. The zero-order chi connectivity index (χ0) is 11.4. The molecule has 1 unspecified atom stereocenters. The van der Waals surface area contributed by atoms with E-state index >= 15 is 0 Å². The molecule has 0 bridgehead atoms. The van der Waals surface area contributed by atoms with E-state index in [1.54, 1.807) is 6.20 Å². The van der Waals surface area contributed by atoms with E-state index in [-0.39, 0.29) is 16.6 Å². The maximum Gasteiger partial charge on any atom is 0.287 e. The van der Waals surface area contributed by atoms with Crippen LogP contribution in [0, 0.1) is 0 Å². The van der Waals surface area contributed by atoms with Crippen LogP contribution in [0.15, 0.2) is 11.0 Å². The van der Waals surface area contributed by atoms with Crippen LogP contribution >= 0.6 is 11.6 Å². The van der Waals surface area contributed by atoms with Gasteiger partial charge in [-0.2, -0.15) is 5.10 Å². The van der Waals surface area contributed by atoms with Crippen LogP contribution in [-0.2, 0) is 6.54 Å². The minimum atomic E-state index is -0.284. The average molecular weight is 231 g/mol. The molecule has 0 saturated carbocycles. The molecule has 15 heavy (non-hydrogen) atoms. The molecule has 3 N–H and O–H groups in total. The largest absolute Gasteiger partial charge is 0.379 e. The quantitative estimate of drug-likeness (QED) is 0.798. The second kappa shape index (κ2) is 5.14. The van der Waals surface area contributed by atoms with Crippen molar-refractivity contribution < 1.29 is 0 Å². The highest BCUT2D eigenvalue weighted by molar-refractivity contribution is 6.32. The Hall–Kier alpha value is -1.07. The molecule has 1 aromatic heterocycles. The van der Waals surface area contributed by atoms with Gasteiger partial charge in [0.15, 0.2) is 0 Å². The first-order chi connectivity index (χ1) is 7.10. The summed E-state index contributed by atoms with van der Waals surface area (Å²) in [5.41, 5.74) is 5.70. The average Bonchev–Trinajstić information content (AvgIpc) is 2.25. The molecule has 1 rings (SSSR count). The van der Waals surface area contributed by atoms with Crippen molar-refractivity contribution >= 4 is 17.3 Å². The van der Waals surface area contributed by atoms with Crippen molar-refractivity contribution in [2.24, 2.45) is 5.73 Å². The molecule has 1 aromatic rings. The number of hydrogen-bond acceptors (Lipinski definition) is 4. The summed E-state index contributed by atoms with van der Waals surface area (Å²) < 4.78 is 1.31. The van der Waals surface area contributed by atoms with E-state index in [2.05, 4.69) is 10.4 Å². The third kappa shape index (κ3) is 2.70. The van der Waals surface area contributed by atoms with E-state index in [0.717, 1.165) is 0 Å². The van der Waals surface area contributed by atoms with Gasteiger partial charge in [0.25, 0.3) is 5.56 Å². The van der Waals surface area contributed by atoms with Crippen molar-refractivity contribution in [1.29, 1.82) is 0 Å². The Labute approximate surface area is 93.2 Å². The summed E-state index contributed by atoms with van der Waals surface area (Å²) >= 11 is 5.90. The Bertz CT molecular complexity index is 390. The number of halogens is 1. The topological polar surface area (TPSA) is 72.9 Å². The molecule has 0 aliphatic carbocycles. The first-order valence-corrected chi connectivity index (χ1v) is 5.20. The van der Waals surface area contributed by atoms with E-state index in [9.17, 15) is 4.79 Å². The number of nitrogens with one attached hydrogen (secondary N) is 1. The van der Waals surface area contributed by atoms with Gasteiger partial charge in [0.1, 0.15) is 5.02 Å². The monoisotopic (exact) mass is 230 g/mol. The number of anilines is 1. The first kappa shape index (κ1) is 12.0. The fourth-order valence-electron chi connectivity index (χ4n) is 1.12. The molecule has 1 atom stereocenters. The van der Waals surface area contributed by atoms with Crippen LogP contribution in [0.2, 0.25) is 5.02 Å². The van der Waals surface area contributed by atoms with Crippen LogP contribution in [0.3, 0.4) is 0 Å². The zero-order valence-corrected chi connectivity index (χ0v) is 9.58. The van der Waals surface area contributed by atoms with Crippen molar-refractivity contribution in [3.05, 3.63) is 21.6 Å². The lowest BCUT2D eigenvalue weighted by molar-refractivity contribution is 0.615. The smallest absolute Gasteiger partial charge is 0.287 e. The Kier molecular flexibility index (Phi) is 4.11. The molecule has 84 valence electrons. The predicted octanol–water partition coefficient (Wildman–Crippen LogP) is 0.676. The van der Waals surface area contributed by atoms with Crippen molar-refractivity contribution in [2.75, 3.05) is 11.9 Å². The van der Waals surface area contributed by atoms with Crippen LogP contribution in [0.1, 0.15) is 13.8 Å². The van der Waals surface area contributed by atoms with Gasteiger partial charge < -0.3 is 11.1 Å². The van der Waals surface area contributed by atoms with Gasteiger partial charge in [-0.15, -0.1) is 0 Å². The second-order valence-electron chi connectivity index (χ2n) is 3.27. The highest BCUT2D eigenvalue weighted by atomic mass is 35.5. The molecule has 0 radical (unpaired) electrons. The molecule has 6 heteroatoms. The SMILES string of the molecule is CCn1ncc(NC(C)CN)c(Cl)c1=O. The normalized spacial score (nSPS) is 12.5. The molecular formula is C9H15ClN4O. The maximum absolute atomic E-state index is 11.6. The van der Waals surface area contributed by atoms with Crippen molar-refractivity contribution in [2.45, 2.75) is 26.4 Å². The molecule has 0 amide bonds. The molecule has 5 nitrogen and oxygen atoms in total. The van der Waals surface area contributed by atoms with Gasteiger partial charge in [0.2, 0.25) is 0 Å². The van der Waals surface area contributed by atoms with Gasteiger partial charge >= 0.3 is 0 Å². The van der Waals surface area contributed by atoms with E-state index in [1.807, 2.05) is 13.8 Å². The number of nitrogens with two attached hydrogens (primary N) is 1. The van der Waals surface area contributed by atoms with E-state index in [4.69, 9.17) is 17.3 Å². The lowest BCUT2D eigenvalue weighted by atomic mass is 10.3. The van der Waals surface area contributed by atoms with Crippen LogP contribution in [0.25, 0.3) is 0 Å². The van der Waals surface area contributed by atoms with Crippen LogP contribution in [-0.4, -0.2) is 22.4 Å². The number of hydrogen-bond donors (Lipinski definition) is 2. The summed E-state index contributed by atoms with van der Waals surface area (Å²) in [6.45, 7) is 4.71. The van der Waals surface area contributed by atoms with Gasteiger partial charge in [-0.1, -0.05) is 11.6 Å². The molecule has 0 aliphatic rings. The standard InChI is InChI=1S/C9H15ClN4O/c1-3-14-9(15)8(10)7(5-12-14)13-6(2)4-11/h5-6,13H,3-4,11H2,1-2H3. The third-order valence-electron chi connectivity index (χ3n) is 2.04. The molecule has 0 aliphatic heterocycles. The van der Waals surface area contributed by atoms with Gasteiger partial charge in [-0.05, 0) is 13.8 Å². The summed E-state index contributed by atoms with van der Waals surface area (Å²) in [6, 6.07) is 0.0566. The fourth-order valence-corrected chi connectivity index (χ4v) is 1.32. The van der Waals surface area contributed by atoms with Crippen molar-refractivity contribution in [3.8, 4) is 0 Å². The molecule has 0 spiro atoms. The summed E-state index contributed by atoms with van der Waals surface area (Å²) in [7, 11) is 0. The number of nitrogens with zero attached hydrogens (tertiary/aromatic N) is 2. The number of rotatable bonds is 4. The van der Waals surface area contributed by atoms with Gasteiger partial charge in [0.05, 0.1) is 11.9 Å². The zero-order valence-electron chi connectivity index (χ0n) is 8.83. The second-order valence-corrected chi connectivity index (χ2v) is 3.65. The Balaban J connectivity index is 3.02. The summed E-state index contributed by atoms with van der Waals surface area (Å²) in [5.74, 6) is 0.